The first-order valence-electron chi connectivity index (χ1n) is 27.5. The molecule has 0 saturated carbocycles. The third kappa shape index (κ3) is 47.6. The number of likely N-dealkylation sites (N-methyl/N-ethyl adjacent to an activating group) is 1. The van der Waals surface area contributed by atoms with Gasteiger partial charge >= 0.3 is 17.9 Å². The molecule has 1 N–H and O–H groups in total. The summed E-state index contributed by atoms with van der Waals surface area (Å²) in [7, 11) is 5.54. The second kappa shape index (κ2) is 49.2. The van der Waals surface area contributed by atoms with Crippen molar-refractivity contribution in [1.82, 2.24) is 0 Å². The molecular weight excluding hydrogens is 835 g/mol. The number of esters is 2. The second-order valence-corrected chi connectivity index (χ2v) is 19.4. The number of unbranched alkanes of at least 4 members (excludes halogenated alkanes) is 23. The van der Waals surface area contributed by atoms with Crippen molar-refractivity contribution < 1.29 is 38.2 Å². The first kappa shape index (κ1) is 63.8. The van der Waals surface area contributed by atoms with Crippen LogP contribution in [0.3, 0.4) is 0 Å². The highest BCUT2D eigenvalue weighted by Gasteiger charge is 2.31. The number of hydrogen-bond donors (Lipinski definition) is 1. The predicted octanol–water partition coefficient (Wildman–Crippen LogP) is 16.3. The Hall–Kier alpha value is -3.23. The van der Waals surface area contributed by atoms with Gasteiger partial charge in [0.2, 0.25) is 0 Å². The van der Waals surface area contributed by atoms with Crippen LogP contribution in [0, 0.1) is 0 Å². The standard InChI is InChI=1S/C59H103NO7/c1-6-8-10-12-14-16-18-20-22-24-26-28-30-32-34-36-38-40-42-44-46-48-50-58(62)67-55(53-65-52-51-56(59(63)64)60(3,4)5)54-66-57(61)49-47-45-43-41-39-37-35-33-31-29-27-25-23-21-19-17-15-13-11-9-7-2/h8-11,14-17,20,22,26,28,55-56H,6-7,12-13,18-19,21,23-25,27,29-54H2,1-5H3/p+1/b10-8+,11-9+,16-14+,17-15+,22-20+,28-26+. The summed E-state index contributed by atoms with van der Waals surface area (Å²) < 4.78 is 17.4. The minimum atomic E-state index is -0.876. The fourth-order valence-electron chi connectivity index (χ4n) is 7.95. The van der Waals surface area contributed by atoms with Gasteiger partial charge in [-0.05, 0) is 77.0 Å². The molecule has 0 aliphatic heterocycles. The highest BCUT2D eigenvalue weighted by atomic mass is 16.6. The Labute approximate surface area is 412 Å². The molecule has 0 saturated heterocycles. The molecule has 0 aliphatic rings. The molecule has 0 aromatic rings. The van der Waals surface area contributed by atoms with Gasteiger partial charge in [0.25, 0.3) is 0 Å². The fourth-order valence-corrected chi connectivity index (χ4v) is 7.95. The quantitative estimate of drug-likeness (QED) is 0.0281. The van der Waals surface area contributed by atoms with E-state index < -0.39 is 18.1 Å². The predicted molar refractivity (Wildman–Crippen MR) is 284 cm³/mol. The van der Waals surface area contributed by atoms with E-state index in [2.05, 4.69) is 86.8 Å². The summed E-state index contributed by atoms with van der Waals surface area (Å²) in [6.07, 6.45) is 63.8. The van der Waals surface area contributed by atoms with Gasteiger partial charge in [-0.1, -0.05) is 209 Å². The van der Waals surface area contributed by atoms with E-state index in [1.54, 1.807) is 0 Å². The van der Waals surface area contributed by atoms with Crippen LogP contribution in [-0.2, 0) is 28.6 Å². The third-order valence-electron chi connectivity index (χ3n) is 12.1. The molecule has 67 heavy (non-hydrogen) atoms. The molecule has 0 radical (unpaired) electrons. The van der Waals surface area contributed by atoms with Crippen molar-refractivity contribution >= 4 is 17.9 Å². The van der Waals surface area contributed by atoms with Crippen LogP contribution < -0.4 is 0 Å². The lowest BCUT2D eigenvalue weighted by atomic mass is 10.0. The number of quaternary nitrogens is 1. The number of carboxylic acids is 1. The normalized spacial score (nSPS) is 13.4. The SMILES string of the molecule is CC/C=C/C/C=C/C/C=C/C/C=C/CCCCCCCCCCCC(=O)OC(COCCC(C(=O)O)[N+](C)(C)C)COC(=O)CCCCCCCCCCCCCCCC/C=C/C/C=C/CC. The lowest BCUT2D eigenvalue weighted by molar-refractivity contribution is -0.887. The summed E-state index contributed by atoms with van der Waals surface area (Å²) in [5, 5.41) is 9.67. The maximum atomic E-state index is 12.8. The minimum absolute atomic E-state index is 0.0548. The van der Waals surface area contributed by atoms with E-state index in [0.717, 1.165) is 83.5 Å². The molecule has 2 atom stereocenters. The van der Waals surface area contributed by atoms with E-state index in [1.165, 1.54) is 116 Å². The smallest absolute Gasteiger partial charge is 0.362 e. The molecule has 0 spiro atoms. The van der Waals surface area contributed by atoms with E-state index in [9.17, 15) is 19.5 Å². The number of carboxylic acid groups (broad SMARTS) is 1. The molecule has 386 valence electrons. The maximum Gasteiger partial charge on any atom is 0.362 e. The maximum absolute atomic E-state index is 12.8. The van der Waals surface area contributed by atoms with E-state index in [1.807, 2.05) is 21.1 Å². The first-order valence-corrected chi connectivity index (χ1v) is 27.5. The highest BCUT2D eigenvalue weighted by molar-refractivity contribution is 5.72. The average Bonchev–Trinajstić information content (AvgIpc) is 3.29. The summed E-state index contributed by atoms with van der Waals surface area (Å²) in [4.78, 5) is 37.3. The molecule has 8 nitrogen and oxygen atoms in total. The van der Waals surface area contributed by atoms with Crippen LogP contribution in [0.4, 0.5) is 0 Å². The molecule has 0 fully saturated rings. The Bertz CT molecular complexity index is 1320. The Balaban J connectivity index is 4.20. The summed E-state index contributed by atoms with van der Waals surface area (Å²) >= 11 is 0. The van der Waals surface area contributed by atoms with Crippen LogP contribution in [0.2, 0.25) is 0 Å². The van der Waals surface area contributed by atoms with Crippen LogP contribution in [-0.4, -0.2) is 80.6 Å². The van der Waals surface area contributed by atoms with E-state index in [0.29, 0.717) is 19.3 Å². The lowest BCUT2D eigenvalue weighted by Crippen LogP contribution is -2.50. The molecule has 0 aromatic heterocycles. The van der Waals surface area contributed by atoms with Crippen LogP contribution >= 0.6 is 0 Å². The van der Waals surface area contributed by atoms with Crippen molar-refractivity contribution in [2.75, 3.05) is 41.0 Å². The number of ether oxygens (including phenoxy) is 3. The largest absolute Gasteiger partial charge is 0.477 e. The Morgan fingerprint density at radius 3 is 1.16 bits per heavy atom. The van der Waals surface area contributed by atoms with Gasteiger partial charge in [-0.25, -0.2) is 4.79 Å². The second-order valence-electron chi connectivity index (χ2n) is 19.4. The van der Waals surface area contributed by atoms with Crippen LogP contribution in [0.15, 0.2) is 72.9 Å². The molecule has 0 aromatic carbocycles. The van der Waals surface area contributed by atoms with Gasteiger partial charge in [-0.15, -0.1) is 0 Å². The van der Waals surface area contributed by atoms with Crippen molar-refractivity contribution in [3.63, 3.8) is 0 Å². The first-order chi connectivity index (χ1) is 32.6. The Morgan fingerprint density at radius 1 is 0.448 bits per heavy atom. The minimum Gasteiger partial charge on any atom is -0.477 e. The zero-order valence-corrected chi connectivity index (χ0v) is 44.1. The average molecular weight is 939 g/mol. The molecule has 0 aliphatic carbocycles. The van der Waals surface area contributed by atoms with Crippen molar-refractivity contribution in [2.24, 2.45) is 0 Å². The zero-order chi connectivity index (χ0) is 49.2. The van der Waals surface area contributed by atoms with Crippen LogP contribution in [0.5, 0.6) is 0 Å². The molecule has 0 bridgehead atoms. The van der Waals surface area contributed by atoms with E-state index in [-0.39, 0.29) is 36.2 Å². The number of carbonyl (C=O) groups is 3. The van der Waals surface area contributed by atoms with Crippen LogP contribution in [0.25, 0.3) is 0 Å². The number of allylic oxidation sites excluding steroid dienone is 12. The van der Waals surface area contributed by atoms with Gasteiger partial charge in [0.1, 0.15) is 6.61 Å². The molecule has 0 heterocycles. The summed E-state index contributed by atoms with van der Waals surface area (Å²) in [6.45, 7) is 4.54. The van der Waals surface area contributed by atoms with Gasteiger partial charge in [0.05, 0.1) is 34.4 Å². The summed E-state index contributed by atoms with van der Waals surface area (Å²) in [5.41, 5.74) is 0. The van der Waals surface area contributed by atoms with Crippen molar-refractivity contribution in [3.8, 4) is 0 Å². The number of aliphatic carboxylic acids is 1. The Kier molecular flexibility index (Phi) is 46.8. The fraction of sp³-hybridized carbons (Fsp3) is 0.746. The summed E-state index contributed by atoms with van der Waals surface area (Å²) in [5.74, 6) is -1.47. The molecule has 8 heteroatoms. The number of nitrogens with zero attached hydrogens (tertiary/aromatic N) is 1. The third-order valence-corrected chi connectivity index (χ3v) is 12.1. The monoisotopic (exact) mass is 939 g/mol. The van der Waals surface area contributed by atoms with Gasteiger partial charge in [0.15, 0.2) is 12.1 Å². The zero-order valence-electron chi connectivity index (χ0n) is 44.1. The van der Waals surface area contributed by atoms with Crippen LogP contribution in [0.1, 0.15) is 232 Å². The summed E-state index contributed by atoms with van der Waals surface area (Å²) in [6, 6.07) is -0.619. The van der Waals surface area contributed by atoms with Gasteiger partial charge in [0, 0.05) is 19.3 Å². The molecule has 0 rings (SSSR count). The molecular formula is C59H104NO7+. The Morgan fingerprint density at radius 2 is 0.791 bits per heavy atom. The van der Waals surface area contributed by atoms with E-state index in [4.69, 9.17) is 14.2 Å². The topological polar surface area (TPSA) is 99.1 Å². The van der Waals surface area contributed by atoms with E-state index >= 15 is 0 Å². The number of carbonyl (C=O) groups excluding carboxylic acids is 2. The van der Waals surface area contributed by atoms with Gasteiger partial charge in [-0.2, -0.15) is 0 Å². The van der Waals surface area contributed by atoms with Crippen molar-refractivity contribution in [2.45, 2.75) is 244 Å². The highest BCUT2D eigenvalue weighted by Crippen LogP contribution is 2.16. The van der Waals surface area contributed by atoms with Crippen molar-refractivity contribution in [3.05, 3.63) is 72.9 Å². The van der Waals surface area contributed by atoms with Crippen molar-refractivity contribution in [1.29, 1.82) is 0 Å². The lowest BCUT2D eigenvalue weighted by Gasteiger charge is -2.31. The number of rotatable bonds is 49. The van der Waals surface area contributed by atoms with Gasteiger partial charge in [-0.3, -0.25) is 9.59 Å². The number of hydrogen-bond acceptors (Lipinski definition) is 6. The molecule has 0 amide bonds. The van der Waals surface area contributed by atoms with Gasteiger partial charge < -0.3 is 23.8 Å². The molecule has 2 unspecified atom stereocenters.